The first kappa shape index (κ1) is 12.8. The van der Waals surface area contributed by atoms with E-state index in [0.29, 0.717) is 0 Å². The van der Waals surface area contributed by atoms with Crippen molar-refractivity contribution in [1.82, 2.24) is 4.98 Å². The fraction of sp³-hybridized carbons (Fsp3) is 0.312. The van der Waals surface area contributed by atoms with Gasteiger partial charge < -0.3 is 5.73 Å². The molecule has 0 spiro atoms. The summed E-state index contributed by atoms with van der Waals surface area (Å²) in [6.07, 6.45) is 4.52. The number of benzene rings is 1. The SMILES string of the molecule is CC(C)(c1ccccc1)C(N)Cc1cccnc1. The Bertz CT molecular complexity index is 477. The van der Waals surface area contributed by atoms with Crippen molar-refractivity contribution in [3.63, 3.8) is 0 Å². The fourth-order valence-corrected chi connectivity index (χ4v) is 2.11. The van der Waals surface area contributed by atoms with E-state index in [1.165, 1.54) is 11.1 Å². The second-order valence-electron chi connectivity index (χ2n) is 5.26. The molecule has 0 aliphatic rings. The third kappa shape index (κ3) is 2.77. The highest BCUT2D eigenvalue weighted by Crippen LogP contribution is 2.27. The Kier molecular flexibility index (Phi) is 3.78. The smallest absolute Gasteiger partial charge is 0.0300 e. The van der Waals surface area contributed by atoms with Crippen LogP contribution in [-0.2, 0) is 11.8 Å². The Balaban J connectivity index is 2.15. The van der Waals surface area contributed by atoms with Gasteiger partial charge in [0.2, 0.25) is 0 Å². The van der Waals surface area contributed by atoms with Gasteiger partial charge in [0.05, 0.1) is 0 Å². The van der Waals surface area contributed by atoms with Crippen molar-refractivity contribution in [3.05, 3.63) is 66.0 Å². The van der Waals surface area contributed by atoms with Gasteiger partial charge in [-0.3, -0.25) is 4.98 Å². The van der Waals surface area contributed by atoms with Crippen LogP contribution in [0.15, 0.2) is 54.9 Å². The van der Waals surface area contributed by atoms with Gasteiger partial charge in [0.15, 0.2) is 0 Å². The minimum atomic E-state index is -0.0445. The molecule has 0 saturated heterocycles. The lowest BCUT2D eigenvalue weighted by Gasteiger charge is -2.32. The van der Waals surface area contributed by atoms with Gasteiger partial charge in [-0.15, -0.1) is 0 Å². The summed E-state index contributed by atoms with van der Waals surface area (Å²) in [4.78, 5) is 4.14. The highest BCUT2D eigenvalue weighted by molar-refractivity contribution is 5.27. The minimum absolute atomic E-state index is 0.0445. The summed E-state index contributed by atoms with van der Waals surface area (Å²) in [6, 6.07) is 14.6. The maximum atomic E-state index is 6.39. The van der Waals surface area contributed by atoms with Crippen molar-refractivity contribution >= 4 is 0 Å². The van der Waals surface area contributed by atoms with Crippen LogP contribution in [0.1, 0.15) is 25.0 Å². The Hall–Kier alpha value is -1.67. The molecule has 0 radical (unpaired) electrons. The lowest BCUT2D eigenvalue weighted by Crippen LogP contribution is -2.42. The van der Waals surface area contributed by atoms with E-state index in [1.54, 1.807) is 6.20 Å². The van der Waals surface area contributed by atoms with Gasteiger partial charge in [-0.25, -0.2) is 0 Å². The Labute approximate surface area is 109 Å². The van der Waals surface area contributed by atoms with Crippen LogP contribution in [0.3, 0.4) is 0 Å². The van der Waals surface area contributed by atoms with Crippen LogP contribution in [0.4, 0.5) is 0 Å². The van der Waals surface area contributed by atoms with Crippen LogP contribution in [0.2, 0.25) is 0 Å². The highest BCUT2D eigenvalue weighted by atomic mass is 14.7. The molecular weight excluding hydrogens is 220 g/mol. The fourth-order valence-electron chi connectivity index (χ4n) is 2.11. The van der Waals surface area contributed by atoms with Gasteiger partial charge in [0, 0.05) is 23.9 Å². The molecule has 0 aliphatic carbocycles. The summed E-state index contributed by atoms with van der Waals surface area (Å²) >= 11 is 0. The molecule has 2 nitrogen and oxygen atoms in total. The number of rotatable bonds is 4. The summed E-state index contributed by atoms with van der Waals surface area (Å²) in [5.41, 5.74) is 8.81. The first-order valence-corrected chi connectivity index (χ1v) is 6.30. The van der Waals surface area contributed by atoms with Gasteiger partial charge in [-0.05, 0) is 23.6 Å². The summed E-state index contributed by atoms with van der Waals surface area (Å²) in [5.74, 6) is 0. The molecule has 0 amide bonds. The first-order valence-electron chi connectivity index (χ1n) is 6.30. The molecule has 1 heterocycles. The normalized spacial score (nSPS) is 13.3. The predicted octanol–water partition coefficient (Wildman–Crippen LogP) is 2.93. The summed E-state index contributed by atoms with van der Waals surface area (Å²) in [7, 11) is 0. The molecule has 18 heavy (non-hydrogen) atoms. The monoisotopic (exact) mass is 240 g/mol. The van der Waals surface area contributed by atoms with E-state index in [4.69, 9.17) is 5.73 Å². The molecule has 1 aromatic carbocycles. The average molecular weight is 240 g/mol. The molecule has 1 unspecified atom stereocenters. The Morgan fingerprint density at radius 1 is 1.11 bits per heavy atom. The summed E-state index contributed by atoms with van der Waals surface area (Å²) in [6.45, 7) is 4.40. The minimum Gasteiger partial charge on any atom is -0.327 e. The van der Waals surface area contributed by atoms with Crippen molar-refractivity contribution in [2.24, 2.45) is 5.73 Å². The van der Waals surface area contributed by atoms with Crippen LogP contribution in [0, 0.1) is 0 Å². The van der Waals surface area contributed by atoms with Crippen molar-refractivity contribution in [1.29, 1.82) is 0 Å². The second-order valence-corrected chi connectivity index (χ2v) is 5.26. The zero-order valence-electron chi connectivity index (χ0n) is 11.0. The number of hydrogen-bond acceptors (Lipinski definition) is 2. The predicted molar refractivity (Wildman–Crippen MR) is 75.4 cm³/mol. The highest BCUT2D eigenvalue weighted by Gasteiger charge is 2.28. The van der Waals surface area contributed by atoms with E-state index < -0.39 is 0 Å². The maximum Gasteiger partial charge on any atom is 0.0300 e. The summed E-state index contributed by atoms with van der Waals surface area (Å²) < 4.78 is 0. The quantitative estimate of drug-likeness (QED) is 0.892. The molecule has 1 atom stereocenters. The summed E-state index contributed by atoms with van der Waals surface area (Å²) in [5, 5.41) is 0. The van der Waals surface area contributed by atoms with Gasteiger partial charge in [0.1, 0.15) is 0 Å². The molecule has 94 valence electrons. The van der Waals surface area contributed by atoms with Gasteiger partial charge >= 0.3 is 0 Å². The lowest BCUT2D eigenvalue weighted by molar-refractivity contribution is 0.406. The van der Waals surface area contributed by atoms with Crippen LogP contribution in [0.5, 0.6) is 0 Å². The van der Waals surface area contributed by atoms with Gasteiger partial charge in [-0.1, -0.05) is 50.2 Å². The average Bonchev–Trinajstić information content (AvgIpc) is 2.41. The van der Waals surface area contributed by atoms with Crippen LogP contribution < -0.4 is 5.73 Å². The van der Waals surface area contributed by atoms with Crippen LogP contribution in [0.25, 0.3) is 0 Å². The number of hydrogen-bond donors (Lipinski definition) is 1. The first-order chi connectivity index (χ1) is 8.60. The molecule has 0 aliphatic heterocycles. The van der Waals surface area contributed by atoms with E-state index in [2.05, 4.69) is 49.2 Å². The van der Waals surface area contributed by atoms with Crippen molar-refractivity contribution < 1.29 is 0 Å². The van der Waals surface area contributed by atoms with E-state index in [9.17, 15) is 0 Å². The standard InChI is InChI=1S/C16H20N2/c1-16(2,14-8-4-3-5-9-14)15(17)11-13-7-6-10-18-12-13/h3-10,12,15H,11,17H2,1-2H3. The molecule has 2 aromatic rings. The topological polar surface area (TPSA) is 38.9 Å². The molecule has 0 fully saturated rings. The van der Waals surface area contributed by atoms with E-state index in [-0.39, 0.29) is 11.5 Å². The third-order valence-electron chi connectivity index (χ3n) is 3.62. The largest absolute Gasteiger partial charge is 0.327 e. The van der Waals surface area contributed by atoms with Crippen LogP contribution >= 0.6 is 0 Å². The Morgan fingerprint density at radius 2 is 1.83 bits per heavy atom. The van der Waals surface area contributed by atoms with Gasteiger partial charge in [-0.2, -0.15) is 0 Å². The molecule has 2 N–H and O–H groups in total. The van der Waals surface area contributed by atoms with Crippen molar-refractivity contribution in [2.75, 3.05) is 0 Å². The number of pyridine rings is 1. The van der Waals surface area contributed by atoms with E-state index in [1.807, 2.05) is 18.3 Å². The molecule has 0 bridgehead atoms. The van der Waals surface area contributed by atoms with E-state index >= 15 is 0 Å². The molecule has 0 saturated carbocycles. The maximum absolute atomic E-state index is 6.39. The molecule has 1 aromatic heterocycles. The lowest BCUT2D eigenvalue weighted by atomic mass is 9.76. The van der Waals surface area contributed by atoms with Gasteiger partial charge in [0.25, 0.3) is 0 Å². The van der Waals surface area contributed by atoms with Crippen molar-refractivity contribution in [2.45, 2.75) is 31.7 Å². The van der Waals surface area contributed by atoms with E-state index in [0.717, 1.165) is 6.42 Å². The van der Waals surface area contributed by atoms with Crippen molar-refractivity contribution in [3.8, 4) is 0 Å². The zero-order valence-corrected chi connectivity index (χ0v) is 11.0. The zero-order chi connectivity index (χ0) is 13.0. The number of nitrogens with zero attached hydrogens (tertiary/aromatic N) is 1. The molecule has 2 rings (SSSR count). The molecule has 2 heteroatoms. The second kappa shape index (κ2) is 5.32. The van der Waals surface area contributed by atoms with Crippen LogP contribution in [-0.4, -0.2) is 11.0 Å². The Morgan fingerprint density at radius 3 is 2.44 bits per heavy atom. The molecular formula is C16H20N2. The third-order valence-corrected chi connectivity index (χ3v) is 3.62. The number of aromatic nitrogens is 1. The number of nitrogens with two attached hydrogens (primary N) is 1.